The van der Waals surface area contributed by atoms with Gasteiger partial charge >= 0.3 is 0 Å². The average Bonchev–Trinajstić information content (AvgIpc) is 2.59. The van der Waals surface area contributed by atoms with E-state index in [0.29, 0.717) is 0 Å². The molecule has 0 saturated heterocycles. The van der Waals surface area contributed by atoms with Crippen LogP contribution in [0.25, 0.3) is 0 Å². The third-order valence-corrected chi connectivity index (χ3v) is 7.26. The van der Waals surface area contributed by atoms with Crippen LogP contribution in [0.5, 0.6) is 0 Å². The van der Waals surface area contributed by atoms with Crippen LogP contribution in [-0.4, -0.2) is 7.11 Å². The lowest BCUT2D eigenvalue weighted by Gasteiger charge is -2.23. The molecule has 0 unspecified atom stereocenters. The molecule has 0 radical (unpaired) electrons. The van der Waals surface area contributed by atoms with Crippen LogP contribution in [0.1, 0.15) is 0 Å². The third-order valence-electron chi connectivity index (χ3n) is 3.63. The second-order valence-electron chi connectivity index (χ2n) is 4.80. The number of benzene rings is 3. The first-order chi connectivity index (χ1) is 10.4. The minimum absolute atomic E-state index is 0. The molecule has 0 aliphatic carbocycles. The predicted octanol–water partition coefficient (Wildman–Crippen LogP) is 4.39. The van der Waals surface area contributed by atoms with Gasteiger partial charge in [0.2, 0.25) is 7.49 Å². The maximum absolute atomic E-state index is 6.21. The Morgan fingerprint density at radius 1 is 0.522 bits per heavy atom. The van der Waals surface area contributed by atoms with E-state index in [0.717, 1.165) is 0 Å². The van der Waals surface area contributed by atoms with Gasteiger partial charge in [0.05, 0.1) is 7.11 Å². The molecule has 0 heterocycles. The van der Waals surface area contributed by atoms with E-state index in [-0.39, 0.29) is 24.8 Å². The van der Waals surface area contributed by atoms with Gasteiger partial charge in [-0.1, -0.05) is 54.6 Å². The maximum Gasteiger partial charge on any atom is 0.241 e. The van der Waals surface area contributed by atoms with Gasteiger partial charge in [0, 0.05) is 0 Å². The Bertz CT molecular complexity index is 594. The van der Waals surface area contributed by atoms with E-state index >= 15 is 0 Å². The van der Waals surface area contributed by atoms with Crippen LogP contribution in [0.15, 0.2) is 91.0 Å². The van der Waals surface area contributed by atoms with Gasteiger partial charge in [-0.2, -0.15) is 0 Å². The van der Waals surface area contributed by atoms with Crippen LogP contribution in [0, 0.1) is 0 Å². The first kappa shape index (κ1) is 19.7. The highest BCUT2D eigenvalue weighted by molar-refractivity contribution is 7.91. The lowest BCUT2D eigenvalue weighted by molar-refractivity contribution is 0.466. The SMILES string of the molecule is CO[P+](c1ccccc1)(c1ccccc1)c1ccccc1.Cl.Cl. The second kappa shape index (κ2) is 9.05. The van der Waals surface area contributed by atoms with Crippen molar-refractivity contribution in [1.29, 1.82) is 0 Å². The Kier molecular flexibility index (Phi) is 7.75. The molecule has 0 saturated carbocycles. The predicted molar refractivity (Wildman–Crippen MR) is 107 cm³/mol. The van der Waals surface area contributed by atoms with Gasteiger partial charge in [-0.25, -0.2) is 4.52 Å². The van der Waals surface area contributed by atoms with Gasteiger partial charge in [0.25, 0.3) is 0 Å². The molecule has 1 nitrogen and oxygen atoms in total. The number of halogens is 2. The summed E-state index contributed by atoms with van der Waals surface area (Å²) in [5, 5.41) is 3.72. The van der Waals surface area contributed by atoms with Gasteiger partial charge in [-0.15, -0.1) is 24.8 Å². The van der Waals surface area contributed by atoms with E-state index in [9.17, 15) is 0 Å². The molecule has 4 heteroatoms. The molecule has 0 fully saturated rings. The molecule has 0 N–H and O–H groups in total. The quantitative estimate of drug-likeness (QED) is 0.623. The van der Waals surface area contributed by atoms with Gasteiger partial charge in [0.1, 0.15) is 15.9 Å². The minimum Gasteiger partial charge on any atom is -0.225 e. The minimum atomic E-state index is -2.03. The van der Waals surface area contributed by atoms with Crippen molar-refractivity contribution in [2.75, 3.05) is 7.11 Å². The van der Waals surface area contributed by atoms with E-state index in [1.807, 2.05) is 25.3 Å². The lowest BCUT2D eigenvalue weighted by atomic mass is 10.4. The topological polar surface area (TPSA) is 9.23 Å². The van der Waals surface area contributed by atoms with Gasteiger partial charge in [-0.3, -0.25) is 0 Å². The number of hydrogen-bond donors (Lipinski definition) is 0. The summed E-state index contributed by atoms with van der Waals surface area (Å²) >= 11 is 0. The smallest absolute Gasteiger partial charge is 0.225 e. The Labute approximate surface area is 151 Å². The zero-order chi connectivity index (χ0) is 14.5. The first-order valence-electron chi connectivity index (χ1n) is 6.99. The molecule has 3 aromatic rings. The maximum atomic E-state index is 6.21. The third kappa shape index (κ3) is 3.76. The summed E-state index contributed by atoms with van der Waals surface area (Å²) in [4.78, 5) is 0. The Hall–Kier alpha value is -1.37. The van der Waals surface area contributed by atoms with E-state index < -0.39 is 7.49 Å². The number of hydrogen-bond acceptors (Lipinski definition) is 1. The van der Waals surface area contributed by atoms with Crippen LogP contribution in [-0.2, 0) is 4.52 Å². The zero-order valence-electron chi connectivity index (χ0n) is 12.8. The van der Waals surface area contributed by atoms with Crippen molar-refractivity contribution < 1.29 is 4.52 Å². The van der Waals surface area contributed by atoms with Gasteiger partial charge < -0.3 is 0 Å². The normalized spacial score (nSPS) is 10.3. The van der Waals surface area contributed by atoms with Crippen molar-refractivity contribution in [3.63, 3.8) is 0 Å². The van der Waals surface area contributed by atoms with Crippen LogP contribution < -0.4 is 15.9 Å². The van der Waals surface area contributed by atoms with Crippen molar-refractivity contribution in [3.8, 4) is 0 Å². The summed E-state index contributed by atoms with van der Waals surface area (Å²) < 4.78 is 6.21. The van der Waals surface area contributed by atoms with Crippen molar-refractivity contribution >= 4 is 48.2 Å². The van der Waals surface area contributed by atoms with Crippen LogP contribution >= 0.6 is 32.3 Å². The Morgan fingerprint density at radius 3 is 1.00 bits per heavy atom. The molecule has 120 valence electrons. The van der Waals surface area contributed by atoms with E-state index in [2.05, 4.69) is 72.8 Å². The summed E-state index contributed by atoms with van der Waals surface area (Å²) in [6, 6.07) is 31.6. The average molecular weight is 366 g/mol. The molecule has 0 atom stereocenters. The molecule has 0 amide bonds. The van der Waals surface area contributed by atoms with Crippen LogP contribution in [0.4, 0.5) is 0 Å². The molecule has 0 aliphatic heterocycles. The Balaban J connectivity index is 0.00000132. The summed E-state index contributed by atoms with van der Waals surface area (Å²) in [7, 11) is -0.214. The largest absolute Gasteiger partial charge is 0.241 e. The fourth-order valence-corrected chi connectivity index (χ4v) is 5.98. The highest BCUT2D eigenvalue weighted by atomic mass is 35.5. The second-order valence-corrected chi connectivity index (χ2v) is 7.93. The summed E-state index contributed by atoms with van der Waals surface area (Å²) in [5.41, 5.74) is 0. The molecule has 23 heavy (non-hydrogen) atoms. The molecule has 3 aromatic carbocycles. The molecule has 0 aliphatic rings. The van der Waals surface area contributed by atoms with E-state index in [4.69, 9.17) is 4.52 Å². The highest BCUT2D eigenvalue weighted by Gasteiger charge is 2.46. The molecular weight excluding hydrogens is 346 g/mol. The molecule has 0 aromatic heterocycles. The first-order valence-corrected chi connectivity index (χ1v) is 8.70. The van der Waals surface area contributed by atoms with Crippen molar-refractivity contribution in [1.82, 2.24) is 0 Å². The summed E-state index contributed by atoms with van der Waals surface area (Å²) in [5.74, 6) is 0. The van der Waals surface area contributed by atoms with Crippen molar-refractivity contribution in [2.45, 2.75) is 0 Å². The van der Waals surface area contributed by atoms with Crippen molar-refractivity contribution in [3.05, 3.63) is 91.0 Å². The molecule has 0 spiro atoms. The monoisotopic (exact) mass is 365 g/mol. The summed E-state index contributed by atoms with van der Waals surface area (Å²) in [6.45, 7) is 0. The van der Waals surface area contributed by atoms with Gasteiger partial charge in [-0.05, 0) is 36.4 Å². The molecular formula is C19H20Cl2OP+. The van der Waals surface area contributed by atoms with Crippen molar-refractivity contribution in [2.24, 2.45) is 0 Å². The lowest BCUT2D eigenvalue weighted by Crippen LogP contribution is -2.32. The molecule has 3 rings (SSSR count). The molecule has 0 bridgehead atoms. The van der Waals surface area contributed by atoms with Gasteiger partial charge in [0.15, 0.2) is 0 Å². The van der Waals surface area contributed by atoms with Crippen LogP contribution in [0.3, 0.4) is 0 Å². The standard InChI is InChI=1S/C19H18OP.2ClH/c1-20-21(17-11-5-2-6-12-17,18-13-7-3-8-14-18)19-15-9-4-10-16-19;;/h2-16H,1H3;2*1H/q+1;;. The van der Waals surface area contributed by atoms with Crippen LogP contribution in [0.2, 0.25) is 0 Å². The Morgan fingerprint density at radius 2 is 0.783 bits per heavy atom. The fourth-order valence-electron chi connectivity index (χ4n) is 2.68. The summed E-state index contributed by atoms with van der Waals surface area (Å²) in [6.07, 6.45) is 0. The highest BCUT2D eigenvalue weighted by Crippen LogP contribution is 2.55. The van der Waals surface area contributed by atoms with E-state index in [1.165, 1.54) is 15.9 Å². The fraction of sp³-hybridized carbons (Fsp3) is 0.0526. The zero-order valence-corrected chi connectivity index (χ0v) is 15.4. The van der Waals surface area contributed by atoms with E-state index in [1.54, 1.807) is 0 Å². The number of rotatable bonds is 4.